The number of halogens is 2. The van der Waals surface area contributed by atoms with E-state index in [4.69, 9.17) is 4.42 Å². The van der Waals surface area contributed by atoms with Gasteiger partial charge in [-0.1, -0.05) is 11.2 Å². The number of hydrogen-bond donors (Lipinski definition) is 1. The molecule has 7 heteroatoms. The quantitative estimate of drug-likeness (QED) is 0.941. The van der Waals surface area contributed by atoms with Gasteiger partial charge in [0.15, 0.2) is 0 Å². The lowest BCUT2D eigenvalue weighted by molar-refractivity contribution is 0.102. The molecule has 1 amide bonds. The maximum atomic E-state index is 13.3. The Bertz CT molecular complexity index is 640. The van der Waals surface area contributed by atoms with E-state index >= 15 is 0 Å². The first kappa shape index (κ1) is 12.3. The molecule has 98 valence electrons. The van der Waals surface area contributed by atoms with Crippen LogP contribution in [0.2, 0.25) is 0 Å². The lowest BCUT2D eigenvalue weighted by Gasteiger charge is -2.03. The summed E-state index contributed by atoms with van der Waals surface area (Å²) in [5.41, 5.74) is 0.172. The molecule has 0 unspecified atom stereocenters. The Morgan fingerprint density at radius 1 is 1.42 bits per heavy atom. The van der Waals surface area contributed by atoms with Gasteiger partial charge < -0.3 is 4.42 Å². The fourth-order valence-electron chi connectivity index (χ4n) is 1.62. The Kier molecular flexibility index (Phi) is 3.06. The van der Waals surface area contributed by atoms with Crippen LogP contribution in [-0.2, 0) is 0 Å². The van der Waals surface area contributed by atoms with Crippen LogP contribution >= 0.6 is 15.9 Å². The third kappa shape index (κ3) is 2.51. The molecule has 19 heavy (non-hydrogen) atoms. The number of nitrogens with one attached hydrogen (secondary N) is 1. The van der Waals surface area contributed by atoms with Crippen molar-refractivity contribution in [3.05, 3.63) is 39.9 Å². The van der Waals surface area contributed by atoms with Gasteiger partial charge in [0, 0.05) is 5.92 Å². The molecule has 1 aliphatic carbocycles. The minimum Gasteiger partial charge on any atom is -0.408 e. The van der Waals surface area contributed by atoms with Crippen LogP contribution in [0.5, 0.6) is 0 Å². The normalized spacial score (nSPS) is 14.4. The molecule has 1 fully saturated rings. The number of rotatable bonds is 3. The van der Waals surface area contributed by atoms with Crippen LogP contribution in [0.1, 0.15) is 35.0 Å². The van der Waals surface area contributed by atoms with Gasteiger partial charge in [-0.25, -0.2) is 4.39 Å². The summed E-state index contributed by atoms with van der Waals surface area (Å²) in [6.07, 6.45) is 2.07. The topological polar surface area (TPSA) is 68.0 Å². The van der Waals surface area contributed by atoms with Crippen molar-refractivity contribution < 1.29 is 13.6 Å². The molecule has 3 rings (SSSR count). The molecule has 1 aromatic heterocycles. The number of carbonyl (C=O) groups is 1. The van der Waals surface area contributed by atoms with Gasteiger partial charge >= 0.3 is 6.01 Å². The van der Waals surface area contributed by atoms with Gasteiger partial charge in [-0.2, -0.15) is 0 Å². The Labute approximate surface area is 116 Å². The highest BCUT2D eigenvalue weighted by Gasteiger charge is 2.29. The van der Waals surface area contributed by atoms with Crippen LogP contribution in [0.4, 0.5) is 10.4 Å². The van der Waals surface area contributed by atoms with Gasteiger partial charge in [-0.05, 0) is 40.9 Å². The molecule has 1 aliphatic rings. The van der Waals surface area contributed by atoms with Crippen molar-refractivity contribution >= 4 is 27.9 Å². The standard InChI is InChI=1S/C12H9BrFN3O2/c13-9-7(2-1-3-8(9)14)10(18)15-12-17-16-11(19-12)6-4-5-6/h1-3,6H,4-5H2,(H,15,17,18). The first-order valence-electron chi connectivity index (χ1n) is 5.74. The van der Waals surface area contributed by atoms with Crippen molar-refractivity contribution in [2.24, 2.45) is 0 Å². The molecule has 1 N–H and O–H groups in total. The van der Waals surface area contributed by atoms with Crippen LogP contribution in [0.25, 0.3) is 0 Å². The fourth-order valence-corrected chi connectivity index (χ4v) is 2.07. The van der Waals surface area contributed by atoms with Gasteiger partial charge in [-0.15, -0.1) is 5.10 Å². The first-order chi connectivity index (χ1) is 9.15. The third-order valence-electron chi connectivity index (χ3n) is 2.78. The molecule has 1 heterocycles. The van der Waals surface area contributed by atoms with E-state index in [2.05, 4.69) is 31.4 Å². The van der Waals surface area contributed by atoms with E-state index in [1.165, 1.54) is 18.2 Å². The molecular formula is C12H9BrFN3O2. The molecule has 5 nitrogen and oxygen atoms in total. The monoisotopic (exact) mass is 325 g/mol. The number of benzene rings is 1. The maximum absolute atomic E-state index is 13.3. The molecule has 0 spiro atoms. The summed E-state index contributed by atoms with van der Waals surface area (Å²) in [6, 6.07) is 4.25. The highest BCUT2D eigenvalue weighted by atomic mass is 79.9. The molecule has 0 bridgehead atoms. The Hall–Kier alpha value is -1.76. The number of carbonyl (C=O) groups excluding carboxylic acids is 1. The Balaban J connectivity index is 1.78. The van der Waals surface area contributed by atoms with Crippen LogP contribution in [-0.4, -0.2) is 16.1 Å². The van der Waals surface area contributed by atoms with Crippen molar-refractivity contribution in [3.8, 4) is 0 Å². The van der Waals surface area contributed by atoms with Crippen molar-refractivity contribution in [1.29, 1.82) is 0 Å². The van der Waals surface area contributed by atoms with Gasteiger partial charge in [0.1, 0.15) is 5.82 Å². The summed E-state index contributed by atoms with van der Waals surface area (Å²) in [7, 11) is 0. The third-order valence-corrected chi connectivity index (χ3v) is 3.59. The summed E-state index contributed by atoms with van der Waals surface area (Å²) in [5.74, 6) is -0.151. The van der Waals surface area contributed by atoms with Gasteiger partial charge in [0.05, 0.1) is 10.0 Å². The Morgan fingerprint density at radius 2 is 2.21 bits per heavy atom. The molecule has 0 saturated heterocycles. The van der Waals surface area contributed by atoms with E-state index in [9.17, 15) is 9.18 Å². The molecular weight excluding hydrogens is 317 g/mol. The van der Waals surface area contributed by atoms with Crippen LogP contribution in [0, 0.1) is 5.82 Å². The van der Waals surface area contributed by atoms with Gasteiger partial charge in [0.25, 0.3) is 5.91 Å². The lowest BCUT2D eigenvalue weighted by atomic mass is 10.2. The number of nitrogens with zero attached hydrogens (tertiary/aromatic N) is 2. The van der Waals surface area contributed by atoms with E-state index < -0.39 is 11.7 Å². The SMILES string of the molecule is O=C(Nc1nnc(C2CC2)o1)c1cccc(F)c1Br. The van der Waals surface area contributed by atoms with E-state index in [1.54, 1.807) is 0 Å². The summed E-state index contributed by atoms with van der Waals surface area (Å²) in [6.45, 7) is 0. The second kappa shape index (κ2) is 4.73. The summed E-state index contributed by atoms with van der Waals surface area (Å²) in [5, 5.41) is 10.0. The fraction of sp³-hybridized carbons (Fsp3) is 0.250. The largest absolute Gasteiger partial charge is 0.408 e. The van der Waals surface area contributed by atoms with E-state index in [0.29, 0.717) is 11.8 Å². The van der Waals surface area contributed by atoms with Crippen LogP contribution < -0.4 is 5.32 Å². The van der Waals surface area contributed by atoms with Crippen molar-refractivity contribution in [2.75, 3.05) is 5.32 Å². The average Bonchev–Trinajstić information content (AvgIpc) is 3.14. The molecule has 2 aromatic rings. The number of amides is 1. The average molecular weight is 326 g/mol. The van der Waals surface area contributed by atoms with Crippen LogP contribution in [0.3, 0.4) is 0 Å². The highest BCUT2D eigenvalue weighted by Crippen LogP contribution is 2.39. The zero-order valence-electron chi connectivity index (χ0n) is 9.69. The zero-order chi connectivity index (χ0) is 13.4. The lowest BCUT2D eigenvalue weighted by Crippen LogP contribution is -2.13. The second-order valence-corrected chi connectivity index (χ2v) is 5.07. The van der Waals surface area contributed by atoms with Gasteiger partial charge in [0.2, 0.25) is 5.89 Å². The first-order valence-corrected chi connectivity index (χ1v) is 6.53. The zero-order valence-corrected chi connectivity index (χ0v) is 11.3. The van der Waals surface area contributed by atoms with Crippen LogP contribution in [0.15, 0.2) is 27.1 Å². The minimum atomic E-state index is -0.503. The van der Waals surface area contributed by atoms with E-state index in [1.807, 2.05) is 0 Å². The Morgan fingerprint density at radius 3 is 2.95 bits per heavy atom. The molecule has 0 atom stereocenters. The van der Waals surface area contributed by atoms with E-state index in [0.717, 1.165) is 12.8 Å². The smallest absolute Gasteiger partial charge is 0.322 e. The summed E-state index contributed by atoms with van der Waals surface area (Å²) in [4.78, 5) is 11.9. The predicted octanol–water partition coefficient (Wildman–Crippen LogP) is 3.10. The molecule has 1 aromatic carbocycles. The highest BCUT2D eigenvalue weighted by molar-refractivity contribution is 9.10. The van der Waals surface area contributed by atoms with Gasteiger partial charge in [-0.3, -0.25) is 10.1 Å². The molecule has 1 saturated carbocycles. The predicted molar refractivity (Wildman–Crippen MR) is 68.3 cm³/mol. The molecule has 0 aliphatic heterocycles. The van der Waals surface area contributed by atoms with Crippen molar-refractivity contribution in [3.63, 3.8) is 0 Å². The van der Waals surface area contributed by atoms with Crippen molar-refractivity contribution in [1.82, 2.24) is 10.2 Å². The van der Waals surface area contributed by atoms with Crippen molar-refractivity contribution in [2.45, 2.75) is 18.8 Å². The maximum Gasteiger partial charge on any atom is 0.322 e. The molecule has 0 radical (unpaired) electrons. The van der Waals surface area contributed by atoms with E-state index in [-0.39, 0.29) is 16.1 Å². The second-order valence-electron chi connectivity index (χ2n) is 4.28. The number of aromatic nitrogens is 2. The number of hydrogen-bond acceptors (Lipinski definition) is 4. The summed E-state index contributed by atoms with van der Waals surface area (Å²) < 4.78 is 18.7. The summed E-state index contributed by atoms with van der Waals surface area (Å²) >= 11 is 3.03. The minimum absolute atomic E-state index is 0.0306. The number of anilines is 1.